The van der Waals surface area contributed by atoms with Gasteiger partial charge in [0.1, 0.15) is 6.10 Å². The summed E-state index contributed by atoms with van der Waals surface area (Å²) >= 11 is 0. The quantitative estimate of drug-likeness (QED) is 0.127. The van der Waals surface area contributed by atoms with Gasteiger partial charge in [-0.05, 0) is 121 Å². The summed E-state index contributed by atoms with van der Waals surface area (Å²) < 4.78 is 10.1. The van der Waals surface area contributed by atoms with E-state index in [0.717, 1.165) is 38.5 Å². The number of rotatable bonds is 14. The van der Waals surface area contributed by atoms with E-state index >= 15 is 0 Å². The molecule has 5 heteroatoms. The summed E-state index contributed by atoms with van der Waals surface area (Å²) in [6.45, 7) is 26.1. The summed E-state index contributed by atoms with van der Waals surface area (Å²) in [4.78, 5) is 22.5. The van der Waals surface area contributed by atoms with Crippen LogP contribution in [0, 0.1) is 0 Å². The van der Waals surface area contributed by atoms with E-state index < -0.39 is 0 Å². The number of ether oxygens (including phenoxy) is 2. The maximum Gasteiger partial charge on any atom is 0.333 e. The Balaban J connectivity index is -0.000000565. The monoisotopic (exact) mass is 574 g/mol. The fraction of sp³-hybridized carbons (Fsp3) is 0.611. The maximum atomic E-state index is 11.7. The average Bonchev–Trinajstić information content (AvgIpc) is 2.84. The van der Waals surface area contributed by atoms with Gasteiger partial charge in [-0.1, -0.05) is 66.5 Å². The van der Waals surface area contributed by atoms with Gasteiger partial charge in [-0.3, -0.25) is 0 Å². The van der Waals surface area contributed by atoms with Gasteiger partial charge in [-0.15, -0.1) is 0 Å². The summed E-state index contributed by atoms with van der Waals surface area (Å²) in [7, 11) is 0. The second kappa shape index (κ2) is 27.5. The smallest absolute Gasteiger partial charge is 0.333 e. The molecule has 0 amide bonds. The standard InChI is InChI=1S/C17H28O2.C11H20O.C8H14O2/c1-7-9-15(5)17(18)19-16(6)12-14(4)11-8-10-13(2)3;1-9(2)6-5-7-10(3)8-11(4)12;1-4-6-7(3)8(9)10-5-2/h9-10,12,16H,7-8,11H2,1-6H3;6,8,11-12H,5,7H2,1-4H3;6H,4-5H2,1-3H3/b14-12+,15-9+;10-8+;7-6+. The third-order valence-corrected chi connectivity index (χ3v) is 5.46. The Hall–Kier alpha value is -2.66. The minimum atomic E-state index is -0.309. The summed E-state index contributed by atoms with van der Waals surface area (Å²) in [5, 5.41) is 9.04. The largest absolute Gasteiger partial charge is 0.463 e. The molecular weight excluding hydrogens is 512 g/mol. The lowest BCUT2D eigenvalue weighted by Crippen LogP contribution is -2.14. The first-order valence-corrected chi connectivity index (χ1v) is 15.1. The zero-order chi connectivity index (χ0) is 32.4. The van der Waals surface area contributed by atoms with E-state index in [1.54, 1.807) is 27.7 Å². The molecule has 0 spiro atoms. The molecule has 0 saturated heterocycles. The zero-order valence-electron chi connectivity index (χ0n) is 28.6. The van der Waals surface area contributed by atoms with Crippen LogP contribution < -0.4 is 0 Å². The van der Waals surface area contributed by atoms with Crippen LogP contribution in [0.4, 0.5) is 0 Å². The number of carbonyl (C=O) groups excluding carboxylic acids is 2. The highest BCUT2D eigenvalue weighted by Crippen LogP contribution is 2.11. The Morgan fingerprint density at radius 3 is 1.44 bits per heavy atom. The highest BCUT2D eigenvalue weighted by atomic mass is 16.5. The Morgan fingerprint density at radius 1 is 0.659 bits per heavy atom. The normalized spacial score (nSPS) is 13.4. The molecule has 0 aliphatic rings. The predicted octanol–water partition coefficient (Wildman–Crippen LogP) is 9.93. The van der Waals surface area contributed by atoms with Crippen molar-refractivity contribution in [3.8, 4) is 0 Å². The van der Waals surface area contributed by atoms with E-state index in [0.29, 0.717) is 17.8 Å². The molecular formula is C36H62O5. The van der Waals surface area contributed by atoms with Gasteiger partial charge in [-0.25, -0.2) is 9.59 Å². The number of allylic oxidation sites excluding steroid dienone is 8. The van der Waals surface area contributed by atoms with E-state index in [4.69, 9.17) is 14.6 Å². The van der Waals surface area contributed by atoms with Crippen LogP contribution in [0.2, 0.25) is 0 Å². The molecule has 0 aromatic rings. The van der Waals surface area contributed by atoms with Crippen molar-refractivity contribution in [2.24, 2.45) is 0 Å². The van der Waals surface area contributed by atoms with Crippen molar-refractivity contribution in [1.29, 1.82) is 0 Å². The van der Waals surface area contributed by atoms with Crippen LogP contribution in [0.3, 0.4) is 0 Å². The van der Waals surface area contributed by atoms with Gasteiger partial charge in [0.2, 0.25) is 0 Å². The number of hydrogen-bond donors (Lipinski definition) is 1. The van der Waals surface area contributed by atoms with Gasteiger partial charge in [0, 0.05) is 11.1 Å². The van der Waals surface area contributed by atoms with E-state index in [9.17, 15) is 9.59 Å². The predicted molar refractivity (Wildman–Crippen MR) is 177 cm³/mol. The Labute approximate surface area is 253 Å². The van der Waals surface area contributed by atoms with Crippen molar-refractivity contribution in [2.75, 3.05) is 6.61 Å². The highest BCUT2D eigenvalue weighted by molar-refractivity contribution is 5.88. The first-order valence-electron chi connectivity index (χ1n) is 15.1. The molecule has 5 nitrogen and oxygen atoms in total. The lowest BCUT2D eigenvalue weighted by Gasteiger charge is -2.11. The van der Waals surface area contributed by atoms with Crippen LogP contribution in [0.1, 0.15) is 129 Å². The molecule has 0 fully saturated rings. The molecule has 2 unspecified atom stereocenters. The fourth-order valence-corrected chi connectivity index (χ4v) is 3.48. The molecule has 0 bridgehead atoms. The lowest BCUT2D eigenvalue weighted by atomic mass is 10.1. The Bertz CT molecular complexity index is 902. The molecule has 0 saturated carbocycles. The molecule has 236 valence electrons. The number of aliphatic hydroxyl groups is 1. The van der Waals surface area contributed by atoms with E-state index in [-0.39, 0.29) is 24.1 Å². The third-order valence-electron chi connectivity index (χ3n) is 5.46. The summed E-state index contributed by atoms with van der Waals surface area (Å²) in [5.41, 5.74) is 6.61. The number of aliphatic hydroxyl groups excluding tert-OH is 1. The van der Waals surface area contributed by atoms with Crippen LogP contribution in [-0.2, 0) is 19.1 Å². The molecule has 0 aliphatic carbocycles. The minimum Gasteiger partial charge on any atom is -0.463 e. The molecule has 0 heterocycles. The second-order valence-corrected chi connectivity index (χ2v) is 10.8. The van der Waals surface area contributed by atoms with Crippen LogP contribution in [0.25, 0.3) is 0 Å². The third kappa shape index (κ3) is 31.7. The van der Waals surface area contributed by atoms with Gasteiger partial charge in [0.05, 0.1) is 12.7 Å². The average molecular weight is 575 g/mol. The second-order valence-electron chi connectivity index (χ2n) is 10.8. The summed E-state index contributed by atoms with van der Waals surface area (Å²) in [6.07, 6.45) is 17.6. The number of esters is 2. The summed E-state index contributed by atoms with van der Waals surface area (Å²) in [6, 6.07) is 0. The maximum absolute atomic E-state index is 11.7. The van der Waals surface area contributed by atoms with Gasteiger partial charge >= 0.3 is 11.9 Å². The van der Waals surface area contributed by atoms with Gasteiger partial charge in [-0.2, -0.15) is 0 Å². The van der Waals surface area contributed by atoms with Gasteiger partial charge in [0.15, 0.2) is 0 Å². The summed E-state index contributed by atoms with van der Waals surface area (Å²) in [5.74, 6) is -0.424. The van der Waals surface area contributed by atoms with Crippen LogP contribution in [0.5, 0.6) is 0 Å². The minimum absolute atomic E-state index is 0.167. The Kier molecular flexibility index (Phi) is 28.7. The van der Waals surface area contributed by atoms with Crippen LogP contribution >= 0.6 is 0 Å². The van der Waals surface area contributed by atoms with Crippen molar-refractivity contribution in [1.82, 2.24) is 0 Å². The molecule has 0 aromatic carbocycles. The molecule has 2 atom stereocenters. The van der Waals surface area contributed by atoms with Crippen LogP contribution in [-0.4, -0.2) is 35.9 Å². The van der Waals surface area contributed by atoms with E-state index in [2.05, 4.69) is 53.7 Å². The van der Waals surface area contributed by atoms with Crippen molar-refractivity contribution in [3.63, 3.8) is 0 Å². The topological polar surface area (TPSA) is 72.8 Å². The Morgan fingerprint density at radius 2 is 1.07 bits per heavy atom. The van der Waals surface area contributed by atoms with Gasteiger partial charge in [0.25, 0.3) is 0 Å². The molecule has 0 aromatic heterocycles. The van der Waals surface area contributed by atoms with E-state index in [1.165, 1.54) is 22.3 Å². The fourth-order valence-electron chi connectivity index (χ4n) is 3.48. The first kappa shape index (κ1) is 42.8. The lowest BCUT2D eigenvalue weighted by molar-refractivity contribution is -0.141. The van der Waals surface area contributed by atoms with E-state index in [1.807, 2.05) is 45.1 Å². The van der Waals surface area contributed by atoms with Crippen molar-refractivity contribution >= 4 is 11.9 Å². The highest BCUT2D eigenvalue weighted by Gasteiger charge is 2.09. The van der Waals surface area contributed by atoms with Gasteiger partial charge < -0.3 is 14.6 Å². The molecule has 0 aliphatic heterocycles. The van der Waals surface area contributed by atoms with Crippen molar-refractivity contribution in [3.05, 3.63) is 69.9 Å². The first-order chi connectivity index (χ1) is 19.1. The number of carbonyl (C=O) groups is 2. The molecule has 0 rings (SSSR count). The molecule has 1 N–H and O–H groups in total. The molecule has 0 radical (unpaired) electrons. The van der Waals surface area contributed by atoms with Crippen LogP contribution in [0.15, 0.2) is 69.9 Å². The molecule has 41 heavy (non-hydrogen) atoms. The number of hydrogen-bond acceptors (Lipinski definition) is 5. The zero-order valence-corrected chi connectivity index (χ0v) is 28.6. The van der Waals surface area contributed by atoms with Crippen molar-refractivity contribution in [2.45, 2.75) is 141 Å². The van der Waals surface area contributed by atoms with Crippen molar-refractivity contribution < 1.29 is 24.2 Å². The SMILES string of the molecule is CC(C)=CCC/C(C)=C/C(C)O.CC/C=C(\C)C(=O)OC(C)/C=C(\C)CCC=C(C)C.CC/C=C(\C)C(=O)OCC.